The van der Waals surface area contributed by atoms with Gasteiger partial charge in [0.25, 0.3) is 5.91 Å². The highest BCUT2D eigenvalue weighted by Gasteiger charge is 2.35. The van der Waals surface area contributed by atoms with E-state index in [1.807, 2.05) is 36.4 Å². The van der Waals surface area contributed by atoms with Crippen LogP contribution in [0.4, 0.5) is 5.69 Å². The highest BCUT2D eigenvalue weighted by molar-refractivity contribution is 6.05. The zero-order chi connectivity index (χ0) is 12.0. The molecule has 0 aromatic heterocycles. The Morgan fingerprint density at radius 2 is 1.88 bits per heavy atom. The maximum absolute atomic E-state index is 11.8. The minimum atomic E-state index is -0.822. The van der Waals surface area contributed by atoms with Crippen LogP contribution in [0.5, 0.6) is 5.75 Å². The van der Waals surface area contributed by atoms with E-state index >= 15 is 0 Å². The molecule has 3 rings (SSSR count). The number of amides is 1. The maximum atomic E-state index is 11.8. The van der Waals surface area contributed by atoms with Gasteiger partial charge in [-0.25, -0.2) is 0 Å². The minimum absolute atomic E-state index is 0.111. The first-order valence-corrected chi connectivity index (χ1v) is 5.60. The smallest absolute Gasteiger partial charge is 0.268 e. The van der Waals surface area contributed by atoms with Gasteiger partial charge in [0, 0.05) is 5.39 Å². The molecule has 0 saturated heterocycles. The van der Waals surface area contributed by atoms with Crippen molar-refractivity contribution in [2.24, 2.45) is 0 Å². The van der Waals surface area contributed by atoms with Crippen molar-refractivity contribution >= 4 is 22.4 Å². The molecular weight excluding hydrogens is 214 g/mol. The van der Waals surface area contributed by atoms with Crippen LogP contribution in [0, 0.1) is 0 Å². The Kier molecular flexibility index (Phi) is 1.93. The summed E-state index contributed by atoms with van der Waals surface area (Å²) in [7, 11) is 0. The molecule has 0 unspecified atom stereocenters. The molecule has 0 bridgehead atoms. The van der Waals surface area contributed by atoms with Gasteiger partial charge in [-0.1, -0.05) is 30.3 Å². The van der Waals surface area contributed by atoms with Gasteiger partial charge in [-0.2, -0.15) is 0 Å². The third-order valence-corrected chi connectivity index (χ3v) is 3.03. The van der Waals surface area contributed by atoms with Crippen molar-refractivity contribution in [3.05, 3.63) is 36.4 Å². The first-order valence-electron chi connectivity index (χ1n) is 5.60. The lowest BCUT2D eigenvalue weighted by Gasteiger charge is -2.32. The fourth-order valence-electron chi connectivity index (χ4n) is 2.03. The van der Waals surface area contributed by atoms with E-state index in [0.717, 1.165) is 22.2 Å². The highest BCUT2D eigenvalue weighted by Crippen LogP contribution is 2.39. The summed E-state index contributed by atoms with van der Waals surface area (Å²) in [5.74, 6) is 0.646. The number of carbonyl (C=O) groups is 1. The summed E-state index contributed by atoms with van der Waals surface area (Å²) < 4.78 is 5.83. The first-order chi connectivity index (χ1) is 8.08. The van der Waals surface area contributed by atoms with Crippen molar-refractivity contribution in [2.75, 3.05) is 5.32 Å². The summed E-state index contributed by atoms with van der Waals surface area (Å²) in [5, 5.41) is 5.01. The Morgan fingerprint density at radius 3 is 2.71 bits per heavy atom. The second-order valence-electron chi connectivity index (χ2n) is 4.73. The number of fused-ring (bicyclic) bond motifs is 3. The summed E-state index contributed by atoms with van der Waals surface area (Å²) in [6, 6.07) is 11.8. The molecule has 0 radical (unpaired) electrons. The van der Waals surface area contributed by atoms with E-state index in [0.29, 0.717) is 0 Å². The summed E-state index contributed by atoms with van der Waals surface area (Å²) in [6.45, 7) is 3.54. The Hall–Kier alpha value is -2.03. The third kappa shape index (κ3) is 1.46. The summed E-state index contributed by atoms with van der Waals surface area (Å²) >= 11 is 0. The van der Waals surface area contributed by atoms with Gasteiger partial charge in [0.15, 0.2) is 11.4 Å². The van der Waals surface area contributed by atoms with Crippen molar-refractivity contribution in [3.63, 3.8) is 0 Å². The van der Waals surface area contributed by atoms with Crippen LogP contribution in [0.15, 0.2) is 36.4 Å². The molecule has 0 aliphatic carbocycles. The molecule has 0 fully saturated rings. The number of hydrogen-bond acceptors (Lipinski definition) is 2. The molecule has 17 heavy (non-hydrogen) atoms. The second kappa shape index (κ2) is 3.23. The van der Waals surface area contributed by atoms with Crippen LogP contribution in [0.1, 0.15) is 13.8 Å². The number of anilines is 1. The Bertz CT molecular complexity index is 617. The molecule has 0 saturated carbocycles. The largest absolute Gasteiger partial charge is 0.475 e. The topological polar surface area (TPSA) is 38.3 Å². The molecule has 1 aliphatic heterocycles. The van der Waals surface area contributed by atoms with E-state index in [1.165, 1.54) is 0 Å². The molecular formula is C14H13NO2. The van der Waals surface area contributed by atoms with E-state index in [-0.39, 0.29) is 5.91 Å². The zero-order valence-electron chi connectivity index (χ0n) is 9.78. The third-order valence-electron chi connectivity index (χ3n) is 3.03. The second-order valence-corrected chi connectivity index (χ2v) is 4.73. The number of hydrogen-bond donors (Lipinski definition) is 1. The van der Waals surface area contributed by atoms with Crippen LogP contribution in [0.2, 0.25) is 0 Å². The number of carbonyl (C=O) groups excluding carboxylic acids is 1. The summed E-state index contributed by atoms with van der Waals surface area (Å²) in [5.41, 5.74) is -0.0788. The Balaban J connectivity index is 2.27. The quantitative estimate of drug-likeness (QED) is 0.751. The normalized spacial score (nSPS) is 17.2. The van der Waals surface area contributed by atoms with Crippen molar-refractivity contribution in [1.29, 1.82) is 0 Å². The molecule has 1 heterocycles. The van der Waals surface area contributed by atoms with Crippen LogP contribution in [0.25, 0.3) is 10.8 Å². The molecule has 86 valence electrons. The van der Waals surface area contributed by atoms with Gasteiger partial charge in [0.05, 0.1) is 5.69 Å². The van der Waals surface area contributed by atoms with Crippen LogP contribution >= 0.6 is 0 Å². The van der Waals surface area contributed by atoms with Crippen LogP contribution in [-0.2, 0) is 4.79 Å². The molecule has 2 aromatic rings. The van der Waals surface area contributed by atoms with E-state index < -0.39 is 5.60 Å². The van der Waals surface area contributed by atoms with Crippen LogP contribution in [-0.4, -0.2) is 11.5 Å². The van der Waals surface area contributed by atoms with Gasteiger partial charge in [-0.05, 0) is 25.3 Å². The van der Waals surface area contributed by atoms with E-state index in [4.69, 9.17) is 4.74 Å². The SMILES string of the molecule is CC1(C)Oc2c(ccc3ccccc23)NC1=O. The fraction of sp³-hybridized carbons (Fsp3) is 0.214. The van der Waals surface area contributed by atoms with Crippen LogP contribution < -0.4 is 10.1 Å². The summed E-state index contributed by atoms with van der Waals surface area (Å²) in [6.07, 6.45) is 0. The molecule has 1 aliphatic rings. The molecule has 3 heteroatoms. The number of ether oxygens (including phenoxy) is 1. The van der Waals surface area contributed by atoms with Gasteiger partial charge in [-0.15, -0.1) is 0 Å². The number of rotatable bonds is 0. The molecule has 1 amide bonds. The number of nitrogens with one attached hydrogen (secondary N) is 1. The average Bonchev–Trinajstić information content (AvgIpc) is 2.31. The van der Waals surface area contributed by atoms with E-state index in [2.05, 4.69) is 5.32 Å². The fourth-order valence-corrected chi connectivity index (χ4v) is 2.03. The van der Waals surface area contributed by atoms with Gasteiger partial charge >= 0.3 is 0 Å². The molecule has 2 aromatic carbocycles. The van der Waals surface area contributed by atoms with Crippen molar-refractivity contribution < 1.29 is 9.53 Å². The molecule has 3 nitrogen and oxygen atoms in total. The lowest BCUT2D eigenvalue weighted by molar-refractivity contribution is -0.129. The van der Waals surface area contributed by atoms with Gasteiger partial charge in [-0.3, -0.25) is 4.79 Å². The number of benzene rings is 2. The van der Waals surface area contributed by atoms with Crippen LogP contribution in [0.3, 0.4) is 0 Å². The van der Waals surface area contributed by atoms with Gasteiger partial charge in [0.2, 0.25) is 0 Å². The van der Waals surface area contributed by atoms with E-state index in [9.17, 15) is 4.79 Å². The molecule has 0 spiro atoms. The van der Waals surface area contributed by atoms with Crippen molar-refractivity contribution in [2.45, 2.75) is 19.4 Å². The Morgan fingerprint density at radius 1 is 1.12 bits per heavy atom. The lowest BCUT2D eigenvalue weighted by atomic mass is 10.0. The maximum Gasteiger partial charge on any atom is 0.268 e. The van der Waals surface area contributed by atoms with Gasteiger partial charge in [0.1, 0.15) is 0 Å². The predicted molar refractivity (Wildman–Crippen MR) is 67.3 cm³/mol. The predicted octanol–water partition coefficient (Wildman–Crippen LogP) is 2.95. The monoisotopic (exact) mass is 227 g/mol. The van der Waals surface area contributed by atoms with Crippen molar-refractivity contribution in [3.8, 4) is 5.75 Å². The lowest BCUT2D eigenvalue weighted by Crippen LogP contribution is -2.45. The molecule has 0 atom stereocenters. The highest BCUT2D eigenvalue weighted by atomic mass is 16.5. The zero-order valence-corrected chi connectivity index (χ0v) is 9.78. The average molecular weight is 227 g/mol. The van der Waals surface area contributed by atoms with Crippen molar-refractivity contribution in [1.82, 2.24) is 0 Å². The van der Waals surface area contributed by atoms with Gasteiger partial charge < -0.3 is 10.1 Å². The molecule has 1 N–H and O–H groups in total. The Labute approximate surface area is 99.4 Å². The van der Waals surface area contributed by atoms with E-state index in [1.54, 1.807) is 13.8 Å². The summed E-state index contributed by atoms with van der Waals surface area (Å²) in [4.78, 5) is 11.8. The first kappa shape index (κ1) is 10.1. The minimum Gasteiger partial charge on any atom is -0.475 e. The standard InChI is InChI=1S/C14H13NO2/c1-14(2)13(16)15-11-8-7-9-5-3-4-6-10(9)12(11)17-14/h3-8H,1-2H3,(H,15,16).